The Labute approximate surface area is 144 Å². The van der Waals surface area contributed by atoms with Crippen molar-refractivity contribution in [3.63, 3.8) is 0 Å². The average Bonchev–Trinajstić information content (AvgIpc) is 2.96. The Bertz CT molecular complexity index is 1110. The molecule has 3 aromatic rings. The number of nitrogens with zero attached hydrogens (tertiary/aromatic N) is 5. The van der Waals surface area contributed by atoms with Crippen LogP contribution in [-0.4, -0.2) is 25.2 Å². The van der Waals surface area contributed by atoms with Crippen molar-refractivity contribution in [3.8, 4) is 0 Å². The van der Waals surface area contributed by atoms with E-state index in [9.17, 15) is 9.59 Å². The molecule has 2 aromatic heterocycles. The lowest BCUT2D eigenvalue weighted by Gasteiger charge is -2.33. The Morgan fingerprint density at radius 2 is 1.88 bits per heavy atom. The van der Waals surface area contributed by atoms with E-state index < -0.39 is 0 Å². The summed E-state index contributed by atoms with van der Waals surface area (Å²) in [5.74, 6) is 1.07. The van der Waals surface area contributed by atoms with Gasteiger partial charge in [0, 0.05) is 32.9 Å². The highest BCUT2D eigenvalue weighted by molar-refractivity contribution is 5.77. The molecule has 1 atom stereocenters. The number of aromatic nitrogens is 4. The summed E-state index contributed by atoms with van der Waals surface area (Å²) >= 11 is 0. The fourth-order valence-electron chi connectivity index (χ4n) is 3.59. The average molecular weight is 339 g/mol. The molecule has 1 aliphatic rings. The summed E-state index contributed by atoms with van der Waals surface area (Å²) in [6.07, 6.45) is 0. The summed E-state index contributed by atoms with van der Waals surface area (Å²) in [6, 6.07) is 8.23. The van der Waals surface area contributed by atoms with Gasteiger partial charge in [0.2, 0.25) is 5.95 Å². The summed E-state index contributed by atoms with van der Waals surface area (Å²) in [5.41, 5.74) is 2.49. The molecular formula is C18H21N5O2. The zero-order valence-corrected chi connectivity index (χ0v) is 14.9. The highest BCUT2D eigenvalue weighted by atomic mass is 16.2. The van der Waals surface area contributed by atoms with Gasteiger partial charge in [-0.1, -0.05) is 19.1 Å². The molecule has 3 heterocycles. The van der Waals surface area contributed by atoms with E-state index in [4.69, 9.17) is 0 Å². The first-order chi connectivity index (χ1) is 11.9. The summed E-state index contributed by atoms with van der Waals surface area (Å²) in [6.45, 7) is 5.74. The molecule has 25 heavy (non-hydrogen) atoms. The van der Waals surface area contributed by atoms with Gasteiger partial charge in [0.05, 0.1) is 0 Å². The van der Waals surface area contributed by atoms with E-state index in [1.807, 2.05) is 16.7 Å². The van der Waals surface area contributed by atoms with Gasteiger partial charge in [-0.2, -0.15) is 4.98 Å². The van der Waals surface area contributed by atoms with Crippen LogP contribution in [0.25, 0.3) is 11.2 Å². The van der Waals surface area contributed by atoms with E-state index in [2.05, 4.69) is 35.9 Å². The van der Waals surface area contributed by atoms with Crippen molar-refractivity contribution in [2.45, 2.75) is 20.4 Å². The van der Waals surface area contributed by atoms with Crippen LogP contribution in [0.4, 0.5) is 11.6 Å². The van der Waals surface area contributed by atoms with Crippen molar-refractivity contribution in [1.29, 1.82) is 0 Å². The van der Waals surface area contributed by atoms with E-state index >= 15 is 0 Å². The minimum absolute atomic E-state index is 0.296. The predicted octanol–water partition coefficient (Wildman–Crippen LogP) is 1.53. The molecule has 0 aliphatic carbocycles. The van der Waals surface area contributed by atoms with Gasteiger partial charge in [-0.25, -0.2) is 4.79 Å². The van der Waals surface area contributed by atoms with Gasteiger partial charge in [-0.05, 0) is 30.5 Å². The first-order valence-electron chi connectivity index (χ1n) is 8.39. The molecule has 0 N–H and O–H groups in total. The molecule has 130 valence electrons. The molecular weight excluding hydrogens is 318 g/mol. The Kier molecular flexibility index (Phi) is 3.35. The van der Waals surface area contributed by atoms with Gasteiger partial charge in [0.15, 0.2) is 11.2 Å². The summed E-state index contributed by atoms with van der Waals surface area (Å²) in [5, 5.41) is 0. The third-order valence-electron chi connectivity index (χ3n) is 4.87. The SMILES string of the molecule is Cc1cccc(N2CC(C)Cn3c2nc2c3c(=O)n(C)c(=O)n2C)c1. The monoisotopic (exact) mass is 339 g/mol. The molecule has 0 amide bonds. The predicted molar refractivity (Wildman–Crippen MR) is 97.6 cm³/mol. The molecule has 0 saturated heterocycles. The standard InChI is InChI=1S/C18H21N5O2/c1-11-6-5-7-13(8-11)22-9-12(2)10-23-14-15(19-17(22)23)20(3)18(25)21(4)16(14)24/h5-8,12H,9-10H2,1-4H3. The summed E-state index contributed by atoms with van der Waals surface area (Å²) in [7, 11) is 3.16. The largest absolute Gasteiger partial charge is 0.332 e. The van der Waals surface area contributed by atoms with E-state index in [1.165, 1.54) is 17.2 Å². The molecule has 0 bridgehead atoms. The van der Waals surface area contributed by atoms with Crippen molar-refractivity contribution in [1.82, 2.24) is 18.7 Å². The second-order valence-corrected chi connectivity index (χ2v) is 6.96. The maximum atomic E-state index is 12.7. The number of aryl methyl sites for hydroxylation is 2. The third-order valence-corrected chi connectivity index (χ3v) is 4.87. The Morgan fingerprint density at radius 3 is 2.60 bits per heavy atom. The maximum Gasteiger partial charge on any atom is 0.332 e. The number of anilines is 2. The first kappa shape index (κ1) is 15.7. The lowest BCUT2D eigenvalue weighted by atomic mass is 10.1. The Balaban J connectivity index is 2.05. The molecule has 1 aromatic carbocycles. The van der Waals surface area contributed by atoms with Gasteiger partial charge >= 0.3 is 5.69 Å². The topological polar surface area (TPSA) is 65.1 Å². The van der Waals surface area contributed by atoms with Crippen LogP contribution in [0.1, 0.15) is 12.5 Å². The van der Waals surface area contributed by atoms with Crippen LogP contribution < -0.4 is 16.1 Å². The minimum atomic E-state index is -0.358. The zero-order chi connectivity index (χ0) is 17.9. The summed E-state index contributed by atoms with van der Waals surface area (Å²) in [4.78, 5) is 31.8. The van der Waals surface area contributed by atoms with Crippen molar-refractivity contribution in [2.75, 3.05) is 11.4 Å². The number of rotatable bonds is 1. The molecule has 0 saturated carbocycles. The van der Waals surface area contributed by atoms with Crippen LogP contribution in [0.15, 0.2) is 33.9 Å². The van der Waals surface area contributed by atoms with Crippen LogP contribution >= 0.6 is 0 Å². The molecule has 0 fully saturated rings. The van der Waals surface area contributed by atoms with E-state index in [1.54, 1.807) is 7.05 Å². The van der Waals surface area contributed by atoms with Crippen molar-refractivity contribution in [2.24, 2.45) is 20.0 Å². The molecule has 1 aliphatic heterocycles. The maximum absolute atomic E-state index is 12.7. The van der Waals surface area contributed by atoms with Gasteiger partial charge in [0.25, 0.3) is 5.56 Å². The number of hydrogen-bond acceptors (Lipinski definition) is 4. The Morgan fingerprint density at radius 1 is 1.12 bits per heavy atom. The lowest BCUT2D eigenvalue weighted by Crippen LogP contribution is -2.38. The van der Waals surface area contributed by atoms with Crippen LogP contribution in [0.2, 0.25) is 0 Å². The highest BCUT2D eigenvalue weighted by Crippen LogP contribution is 2.32. The van der Waals surface area contributed by atoms with E-state index in [0.717, 1.165) is 22.7 Å². The number of fused-ring (bicyclic) bond motifs is 3. The van der Waals surface area contributed by atoms with Crippen LogP contribution in [0.5, 0.6) is 0 Å². The summed E-state index contributed by atoms with van der Waals surface area (Å²) < 4.78 is 4.54. The number of hydrogen-bond donors (Lipinski definition) is 0. The van der Waals surface area contributed by atoms with E-state index in [0.29, 0.717) is 23.6 Å². The van der Waals surface area contributed by atoms with Crippen LogP contribution in [0.3, 0.4) is 0 Å². The molecule has 4 rings (SSSR count). The zero-order valence-electron chi connectivity index (χ0n) is 14.9. The minimum Gasteiger partial charge on any atom is -0.312 e. The van der Waals surface area contributed by atoms with E-state index in [-0.39, 0.29) is 11.2 Å². The third kappa shape index (κ3) is 2.22. The molecule has 7 heteroatoms. The second-order valence-electron chi connectivity index (χ2n) is 6.96. The van der Waals surface area contributed by atoms with Gasteiger partial charge in [-0.3, -0.25) is 13.9 Å². The van der Waals surface area contributed by atoms with Crippen molar-refractivity contribution >= 4 is 22.8 Å². The fraction of sp³-hybridized carbons (Fsp3) is 0.389. The van der Waals surface area contributed by atoms with Crippen molar-refractivity contribution < 1.29 is 0 Å². The molecule has 0 radical (unpaired) electrons. The fourth-order valence-corrected chi connectivity index (χ4v) is 3.59. The normalized spacial score (nSPS) is 17.1. The van der Waals surface area contributed by atoms with Crippen LogP contribution in [-0.2, 0) is 20.6 Å². The Hall–Kier alpha value is -2.83. The quantitative estimate of drug-likeness (QED) is 0.674. The smallest absolute Gasteiger partial charge is 0.312 e. The number of imidazole rings is 1. The molecule has 1 unspecified atom stereocenters. The lowest BCUT2D eigenvalue weighted by molar-refractivity contribution is 0.458. The molecule has 0 spiro atoms. The highest BCUT2D eigenvalue weighted by Gasteiger charge is 2.29. The number of benzene rings is 1. The second kappa shape index (κ2) is 5.34. The van der Waals surface area contributed by atoms with Gasteiger partial charge in [0.1, 0.15) is 0 Å². The van der Waals surface area contributed by atoms with Gasteiger partial charge in [-0.15, -0.1) is 0 Å². The molecule has 7 nitrogen and oxygen atoms in total. The first-order valence-corrected chi connectivity index (χ1v) is 8.39. The van der Waals surface area contributed by atoms with Crippen LogP contribution in [0, 0.1) is 12.8 Å². The van der Waals surface area contributed by atoms with Gasteiger partial charge < -0.3 is 9.47 Å². The van der Waals surface area contributed by atoms with Crippen molar-refractivity contribution in [3.05, 3.63) is 50.7 Å².